The topological polar surface area (TPSA) is 73.9 Å². The lowest BCUT2D eigenvalue weighted by Crippen LogP contribution is -2.49. The van der Waals surface area contributed by atoms with E-state index in [4.69, 9.17) is 4.74 Å². The molecule has 0 bridgehead atoms. The molecular weight excluding hydrogens is 399 g/mol. The Morgan fingerprint density at radius 1 is 0.968 bits per heavy atom. The first-order chi connectivity index (χ1) is 15.0. The molecule has 0 unspecified atom stereocenters. The number of hydrogen-bond acceptors (Lipinski definition) is 5. The van der Waals surface area contributed by atoms with E-state index in [0.717, 1.165) is 43.1 Å². The summed E-state index contributed by atoms with van der Waals surface area (Å²) in [5.74, 6) is -0.975. The Hall–Kier alpha value is -2.97. The quantitative estimate of drug-likeness (QED) is 0.655. The van der Waals surface area contributed by atoms with Gasteiger partial charge in [0.05, 0.1) is 13.2 Å². The minimum absolute atomic E-state index is 0.0477. The number of carbonyl (C=O) groups excluding carboxylic acids is 2. The van der Waals surface area contributed by atoms with Crippen LogP contribution >= 0.6 is 0 Å². The van der Waals surface area contributed by atoms with E-state index in [2.05, 4.69) is 27.5 Å². The molecule has 0 aromatic heterocycles. The van der Waals surface area contributed by atoms with Gasteiger partial charge in [0, 0.05) is 39.3 Å². The van der Waals surface area contributed by atoms with Gasteiger partial charge < -0.3 is 20.3 Å². The lowest BCUT2D eigenvalue weighted by Gasteiger charge is -2.38. The number of nitrogens with zero attached hydrogens (tertiary/aromatic N) is 2. The Labute approximate surface area is 182 Å². The van der Waals surface area contributed by atoms with Gasteiger partial charge in [-0.3, -0.25) is 14.5 Å². The third-order valence-corrected chi connectivity index (χ3v) is 5.51. The standard InChI is InChI=1S/C23H29FN4O3/c1-27-11-13-28(14-12-27)21(18-5-9-20(31-2)10-6-18)16-26-23(30)22(29)25-15-17-3-7-19(24)8-4-17/h3-10,21H,11-16H2,1-2H3,(H,25,29)(H,26,30)/t21-/m0/s1. The van der Waals surface area contributed by atoms with Crippen molar-refractivity contribution in [3.05, 3.63) is 65.5 Å². The Morgan fingerprint density at radius 2 is 1.58 bits per heavy atom. The van der Waals surface area contributed by atoms with Crippen molar-refractivity contribution in [2.45, 2.75) is 12.6 Å². The molecule has 1 heterocycles. The van der Waals surface area contributed by atoms with Gasteiger partial charge in [-0.1, -0.05) is 24.3 Å². The normalized spacial score (nSPS) is 15.8. The highest BCUT2D eigenvalue weighted by molar-refractivity contribution is 6.35. The van der Waals surface area contributed by atoms with E-state index in [-0.39, 0.29) is 18.4 Å². The minimum Gasteiger partial charge on any atom is -0.497 e. The molecule has 1 saturated heterocycles. The molecule has 2 aromatic rings. The van der Waals surface area contributed by atoms with Crippen molar-refractivity contribution >= 4 is 11.8 Å². The fourth-order valence-electron chi connectivity index (χ4n) is 3.55. The number of hydrogen-bond donors (Lipinski definition) is 2. The molecule has 8 heteroatoms. The summed E-state index contributed by atoms with van der Waals surface area (Å²) in [6, 6.07) is 13.5. The van der Waals surface area contributed by atoms with Gasteiger partial charge in [0.1, 0.15) is 11.6 Å². The molecule has 7 nitrogen and oxygen atoms in total. The second-order valence-corrected chi connectivity index (χ2v) is 7.65. The molecule has 0 aliphatic carbocycles. The summed E-state index contributed by atoms with van der Waals surface area (Å²) in [6.07, 6.45) is 0. The number of piperazine rings is 1. The van der Waals surface area contributed by atoms with Crippen LogP contribution in [0.4, 0.5) is 4.39 Å². The first-order valence-corrected chi connectivity index (χ1v) is 10.3. The number of nitrogens with one attached hydrogen (secondary N) is 2. The van der Waals surface area contributed by atoms with Crippen molar-refractivity contribution < 1.29 is 18.7 Å². The molecule has 2 N–H and O–H groups in total. The lowest BCUT2D eigenvalue weighted by atomic mass is 10.0. The second kappa shape index (κ2) is 10.9. The van der Waals surface area contributed by atoms with Crippen molar-refractivity contribution in [3.8, 4) is 5.75 Å². The van der Waals surface area contributed by atoms with Crippen LogP contribution in [0.1, 0.15) is 17.2 Å². The van der Waals surface area contributed by atoms with Crippen molar-refractivity contribution in [2.75, 3.05) is 46.9 Å². The number of methoxy groups -OCH3 is 1. The van der Waals surface area contributed by atoms with Gasteiger partial charge in [-0.05, 0) is 42.4 Å². The molecule has 2 amide bonds. The van der Waals surface area contributed by atoms with Gasteiger partial charge in [-0.25, -0.2) is 4.39 Å². The predicted molar refractivity (Wildman–Crippen MR) is 116 cm³/mol. The van der Waals surface area contributed by atoms with Crippen molar-refractivity contribution in [2.24, 2.45) is 0 Å². The van der Waals surface area contributed by atoms with Gasteiger partial charge in [0.2, 0.25) is 0 Å². The minimum atomic E-state index is -0.712. The molecule has 3 rings (SSSR count). The van der Waals surface area contributed by atoms with Crippen LogP contribution in [0.25, 0.3) is 0 Å². The summed E-state index contributed by atoms with van der Waals surface area (Å²) < 4.78 is 18.2. The number of rotatable bonds is 7. The molecule has 31 heavy (non-hydrogen) atoms. The number of halogens is 1. The summed E-state index contributed by atoms with van der Waals surface area (Å²) in [5.41, 5.74) is 1.77. The number of ether oxygens (including phenoxy) is 1. The SMILES string of the molecule is COc1ccc([C@H](CNC(=O)C(=O)NCc2ccc(F)cc2)N2CCN(C)CC2)cc1. The number of carbonyl (C=O) groups is 2. The summed E-state index contributed by atoms with van der Waals surface area (Å²) in [6.45, 7) is 4.11. The molecule has 2 aromatic carbocycles. The van der Waals surface area contributed by atoms with Crippen LogP contribution in [-0.4, -0.2) is 68.5 Å². The maximum absolute atomic E-state index is 13.0. The van der Waals surface area contributed by atoms with E-state index in [1.165, 1.54) is 12.1 Å². The Kier molecular flexibility index (Phi) is 7.97. The van der Waals surface area contributed by atoms with E-state index in [1.807, 2.05) is 24.3 Å². The molecule has 166 valence electrons. The van der Waals surface area contributed by atoms with Gasteiger partial charge in [-0.15, -0.1) is 0 Å². The van der Waals surface area contributed by atoms with Crippen LogP contribution in [0.3, 0.4) is 0 Å². The largest absolute Gasteiger partial charge is 0.497 e. The van der Waals surface area contributed by atoms with Crippen LogP contribution in [0, 0.1) is 5.82 Å². The Balaban J connectivity index is 1.59. The van der Waals surface area contributed by atoms with Gasteiger partial charge in [-0.2, -0.15) is 0 Å². The fourth-order valence-corrected chi connectivity index (χ4v) is 3.55. The van der Waals surface area contributed by atoms with Gasteiger partial charge >= 0.3 is 11.8 Å². The maximum atomic E-state index is 13.0. The zero-order chi connectivity index (χ0) is 22.2. The third-order valence-electron chi connectivity index (χ3n) is 5.51. The molecular formula is C23H29FN4O3. The highest BCUT2D eigenvalue weighted by Crippen LogP contribution is 2.24. The average molecular weight is 429 g/mol. The summed E-state index contributed by atoms with van der Waals surface area (Å²) in [4.78, 5) is 29.1. The number of likely N-dealkylation sites (N-methyl/N-ethyl adjacent to an activating group) is 1. The van der Waals surface area contributed by atoms with Crippen molar-refractivity contribution in [1.82, 2.24) is 20.4 Å². The average Bonchev–Trinajstić information content (AvgIpc) is 2.80. The maximum Gasteiger partial charge on any atom is 0.309 e. The van der Waals surface area contributed by atoms with E-state index in [0.29, 0.717) is 6.54 Å². The first-order valence-electron chi connectivity index (χ1n) is 10.3. The van der Waals surface area contributed by atoms with Crippen molar-refractivity contribution in [3.63, 3.8) is 0 Å². The molecule has 1 aliphatic rings. The second-order valence-electron chi connectivity index (χ2n) is 7.65. The van der Waals surface area contributed by atoms with Crippen LogP contribution in [0.2, 0.25) is 0 Å². The van der Waals surface area contributed by atoms with E-state index < -0.39 is 11.8 Å². The van der Waals surface area contributed by atoms with Crippen LogP contribution in [-0.2, 0) is 16.1 Å². The first kappa shape index (κ1) is 22.7. The number of amides is 2. The molecule has 1 fully saturated rings. The molecule has 1 aliphatic heterocycles. The van der Waals surface area contributed by atoms with E-state index in [9.17, 15) is 14.0 Å². The zero-order valence-corrected chi connectivity index (χ0v) is 17.9. The van der Waals surface area contributed by atoms with Crippen LogP contribution < -0.4 is 15.4 Å². The zero-order valence-electron chi connectivity index (χ0n) is 17.9. The number of benzene rings is 2. The lowest BCUT2D eigenvalue weighted by molar-refractivity contribution is -0.139. The monoisotopic (exact) mass is 428 g/mol. The van der Waals surface area contributed by atoms with E-state index >= 15 is 0 Å². The summed E-state index contributed by atoms with van der Waals surface area (Å²) >= 11 is 0. The highest BCUT2D eigenvalue weighted by atomic mass is 19.1. The van der Waals surface area contributed by atoms with Gasteiger partial charge in [0.15, 0.2) is 0 Å². The molecule has 1 atom stereocenters. The van der Waals surface area contributed by atoms with E-state index in [1.54, 1.807) is 19.2 Å². The third kappa shape index (κ3) is 6.50. The highest BCUT2D eigenvalue weighted by Gasteiger charge is 2.25. The smallest absolute Gasteiger partial charge is 0.309 e. The summed E-state index contributed by atoms with van der Waals surface area (Å²) in [7, 11) is 3.71. The molecule has 0 radical (unpaired) electrons. The Morgan fingerprint density at radius 3 is 2.19 bits per heavy atom. The van der Waals surface area contributed by atoms with Crippen LogP contribution in [0.15, 0.2) is 48.5 Å². The van der Waals surface area contributed by atoms with Crippen molar-refractivity contribution in [1.29, 1.82) is 0 Å². The molecule has 0 saturated carbocycles. The van der Waals surface area contributed by atoms with Crippen LogP contribution in [0.5, 0.6) is 5.75 Å². The predicted octanol–water partition coefficient (Wildman–Crippen LogP) is 1.56. The fraction of sp³-hybridized carbons (Fsp3) is 0.391. The van der Waals surface area contributed by atoms with Gasteiger partial charge in [0.25, 0.3) is 0 Å². The summed E-state index contributed by atoms with van der Waals surface area (Å²) in [5, 5.41) is 5.34. The Bertz CT molecular complexity index is 865. The molecule has 0 spiro atoms.